The molecule has 1 unspecified atom stereocenters. The molecule has 0 fully saturated rings. The number of tetrazole rings is 1. The van der Waals surface area contributed by atoms with E-state index in [0.717, 1.165) is 5.69 Å². The Morgan fingerprint density at radius 1 is 1.09 bits per heavy atom. The minimum absolute atomic E-state index is 0.212. The van der Waals surface area contributed by atoms with E-state index >= 15 is 0 Å². The standard InChI is InChI=1S/C15H13Cl2N5O/c16-11-6-10(7-12(17)8-11)14(23)9-18-15-19-20-21-22(15)13-4-2-1-3-5-13/h1-8,14,23H,9H2,(H,18,19,21). The number of nitrogens with one attached hydrogen (secondary N) is 1. The second-order valence-electron chi connectivity index (χ2n) is 4.85. The van der Waals surface area contributed by atoms with Gasteiger partial charge in [-0.25, -0.2) is 0 Å². The molecule has 0 radical (unpaired) electrons. The summed E-state index contributed by atoms with van der Waals surface area (Å²) in [6, 6.07) is 14.4. The molecule has 1 atom stereocenters. The zero-order chi connectivity index (χ0) is 16.2. The van der Waals surface area contributed by atoms with Crippen LogP contribution in [-0.2, 0) is 0 Å². The van der Waals surface area contributed by atoms with Crippen LogP contribution in [0.15, 0.2) is 48.5 Å². The maximum atomic E-state index is 10.3. The molecule has 1 heterocycles. The second-order valence-corrected chi connectivity index (χ2v) is 5.72. The number of nitrogens with zero attached hydrogens (tertiary/aromatic N) is 4. The molecule has 0 aliphatic rings. The molecule has 0 aliphatic carbocycles. The molecule has 0 spiro atoms. The Hall–Kier alpha value is -2.15. The number of benzene rings is 2. The summed E-state index contributed by atoms with van der Waals surface area (Å²) in [6.07, 6.45) is -0.799. The van der Waals surface area contributed by atoms with E-state index in [4.69, 9.17) is 23.2 Å². The lowest BCUT2D eigenvalue weighted by Crippen LogP contribution is -2.15. The lowest BCUT2D eigenvalue weighted by molar-refractivity contribution is 0.191. The van der Waals surface area contributed by atoms with Crippen molar-refractivity contribution in [3.05, 3.63) is 64.1 Å². The monoisotopic (exact) mass is 349 g/mol. The molecule has 8 heteroatoms. The van der Waals surface area contributed by atoms with Crippen molar-refractivity contribution in [1.29, 1.82) is 0 Å². The smallest absolute Gasteiger partial charge is 0.247 e. The van der Waals surface area contributed by atoms with E-state index in [1.54, 1.807) is 22.9 Å². The summed E-state index contributed by atoms with van der Waals surface area (Å²) >= 11 is 11.9. The van der Waals surface area contributed by atoms with Crippen LogP contribution in [0.4, 0.5) is 5.95 Å². The third-order valence-corrected chi connectivity index (χ3v) is 3.63. The summed E-state index contributed by atoms with van der Waals surface area (Å²) in [4.78, 5) is 0. The molecule has 118 valence electrons. The minimum Gasteiger partial charge on any atom is -0.387 e. The van der Waals surface area contributed by atoms with E-state index in [0.29, 0.717) is 21.6 Å². The first-order valence-electron chi connectivity index (χ1n) is 6.85. The Bertz CT molecular complexity index is 773. The Morgan fingerprint density at radius 3 is 2.48 bits per heavy atom. The van der Waals surface area contributed by atoms with Gasteiger partial charge in [-0.1, -0.05) is 46.5 Å². The number of rotatable bonds is 5. The predicted molar refractivity (Wildman–Crippen MR) is 89.1 cm³/mol. The van der Waals surface area contributed by atoms with Crippen molar-refractivity contribution < 1.29 is 5.11 Å². The van der Waals surface area contributed by atoms with Gasteiger partial charge in [0.05, 0.1) is 11.8 Å². The van der Waals surface area contributed by atoms with Crippen molar-refractivity contribution in [2.45, 2.75) is 6.10 Å². The van der Waals surface area contributed by atoms with E-state index in [2.05, 4.69) is 20.8 Å². The summed E-state index contributed by atoms with van der Waals surface area (Å²) in [5, 5.41) is 25.7. The van der Waals surface area contributed by atoms with Crippen LogP contribution in [0.2, 0.25) is 10.0 Å². The van der Waals surface area contributed by atoms with Crippen LogP contribution < -0.4 is 5.32 Å². The molecule has 0 saturated carbocycles. The van der Waals surface area contributed by atoms with Crippen LogP contribution in [0.5, 0.6) is 0 Å². The Morgan fingerprint density at radius 2 is 1.78 bits per heavy atom. The maximum Gasteiger partial charge on any atom is 0.247 e. The summed E-state index contributed by atoms with van der Waals surface area (Å²) in [5.74, 6) is 0.434. The van der Waals surface area contributed by atoms with Crippen molar-refractivity contribution in [2.24, 2.45) is 0 Å². The van der Waals surface area contributed by atoms with Gasteiger partial charge in [0.25, 0.3) is 0 Å². The molecule has 23 heavy (non-hydrogen) atoms. The lowest BCUT2D eigenvalue weighted by Gasteiger charge is -2.13. The third-order valence-electron chi connectivity index (χ3n) is 3.19. The average molecular weight is 350 g/mol. The van der Waals surface area contributed by atoms with Crippen LogP contribution in [0.25, 0.3) is 5.69 Å². The molecule has 0 saturated heterocycles. The highest BCUT2D eigenvalue weighted by molar-refractivity contribution is 6.34. The molecule has 2 aromatic carbocycles. The molecule has 1 aromatic heterocycles. The summed E-state index contributed by atoms with van der Waals surface area (Å²) in [6.45, 7) is 0.212. The van der Waals surface area contributed by atoms with Gasteiger partial charge >= 0.3 is 0 Å². The molecule has 3 rings (SSSR count). The number of aliphatic hydroxyl groups is 1. The first-order valence-corrected chi connectivity index (χ1v) is 7.61. The highest BCUT2D eigenvalue weighted by Crippen LogP contribution is 2.24. The van der Waals surface area contributed by atoms with E-state index in [9.17, 15) is 5.11 Å². The Balaban J connectivity index is 1.73. The normalized spacial score (nSPS) is 12.1. The highest BCUT2D eigenvalue weighted by Gasteiger charge is 2.13. The van der Waals surface area contributed by atoms with Crippen molar-refractivity contribution in [3.63, 3.8) is 0 Å². The fraction of sp³-hybridized carbons (Fsp3) is 0.133. The highest BCUT2D eigenvalue weighted by atomic mass is 35.5. The van der Waals surface area contributed by atoms with Crippen LogP contribution >= 0.6 is 23.2 Å². The molecule has 0 amide bonds. The van der Waals surface area contributed by atoms with Gasteiger partial charge in [0.15, 0.2) is 0 Å². The fourth-order valence-electron chi connectivity index (χ4n) is 2.11. The van der Waals surface area contributed by atoms with Gasteiger partial charge in [0.1, 0.15) is 0 Å². The summed E-state index contributed by atoms with van der Waals surface area (Å²) in [7, 11) is 0. The number of halogens is 2. The van der Waals surface area contributed by atoms with Crippen LogP contribution in [-0.4, -0.2) is 31.9 Å². The van der Waals surface area contributed by atoms with Gasteiger partial charge in [-0.3, -0.25) is 0 Å². The van der Waals surface area contributed by atoms with Crippen LogP contribution in [0, 0.1) is 0 Å². The van der Waals surface area contributed by atoms with E-state index in [1.165, 1.54) is 0 Å². The van der Waals surface area contributed by atoms with Crippen molar-refractivity contribution in [3.8, 4) is 5.69 Å². The number of anilines is 1. The van der Waals surface area contributed by atoms with Crippen molar-refractivity contribution in [2.75, 3.05) is 11.9 Å². The van der Waals surface area contributed by atoms with Crippen molar-refractivity contribution in [1.82, 2.24) is 20.2 Å². The van der Waals surface area contributed by atoms with Crippen LogP contribution in [0.3, 0.4) is 0 Å². The first-order chi connectivity index (χ1) is 11.1. The van der Waals surface area contributed by atoms with Crippen molar-refractivity contribution >= 4 is 29.2 Å². The van der Waals surface area contributed by atoms with Gasteiger partial charge in [-0.15, -0.1) is 0 Å². The first kappa shape index (κ1) is 15.7. The topological polar surface area (TPSA) is 75.9 Å². The fourth-order valence-corrected chi connectivity index (χ4v) is 2.66. The lowest BCUT2D eigenvalue weighted by atomic mass is 10.1. The largest absolute Gasteiger partial charge is 0.387 e. The molecule has 3 aromatic rings. The summed E-state index contributed by atoms with van der Waals surface area (Å²) in [5.41, 5.74) is 1.44. The van der Waals surface area contributed by atoms with E-state index < -0.39 is 6.10 Å². The Labute approximate surface area is 142 Å². The number of hydrogen-bond acceptors (Lipinski definition) is 5. The maximum absolute atomic E-state index is 10.3. The molecular formula is C15H13Cl2N5O. The van der Waals surface area contributed by atoms with E-state index in [-0.39, 0.29) is 6.54 Å². The number of aromatic nitrogens is 4. The van der Waals surface area contributed by atoms with Gasteiger partial charge in [-0.05, 0) is 46.3 Å². The zero-order valence-corrected chi connectivity index (χ0v) is 13.4. The molecular weight excluding hydrogens is 337 g/mol. The van der Waals surface area contributed by atoms with Gasteiger partial charge in [0, 0.05) is 16.6 Å². The molecule has 2 N–H and O–H groups in total. The number of para-hydroxylation sites is 1. The van der Waals surface area contributed by atoms with Gasteiger partial charge in [-0.2, -0.15) is 4.68 Å². The third kappa shape index (κ3) is 3.79. The summed E-state index contributed by atoms with van der Waals surface area (Å²) < 4.78 is 1.55. The second kappa shape index (κ2) is 6.95. The van der Waals surface area contributed by atoms with Gasteiger partial charge < -0.3 is 10.4 Å². The van der Waals surface area contributed by atoms with E-state index in [1.807, 2.05) is 30.3 Å². The quantitative estimate of drug-likeness (QED) is 0.740. The SMILES string of the molecule is OC(CNc1nnnn1-c1ccccc1)c1cc(Cl)cc(Cl)c1. The van der Waals surface area contributed by atoms with Gasteiger partial charge in [0.2, 0.25) is 5.95 Å². The molecule has 6 nitrogen and oxygen atoms in total. The average Bonchev–Trinajstić information content (AvgIpc) is 3.01. The number of aliphatic hydroxyl groups excluding tert-OH is 1. The molecule has 0 aliphatic heterocycles. The molecule has 0 bridgehead atoms. The zero-order valence-electron chi connectivity index (χ0n) is 11.9. The Kier molecular flexibility index (Phi) is 4.76. The van der Waals surface area contributed by atoms with Crippen LogP contribution in [0.1, 0.15) is 11.7 Å². The minimum atomic E-state index is -0.799. The number of hydrogen-bond donors (Lipinski definition) is 2. The predicted octanol–water partition coefficient (Wildman–Crippen LogP) is 3.11.